The summed E-state index contributed by atoms with van der Waals surface area (Å²) in [6.45, 7) is 1.71. The molecule has 0 aliphatic rings. The molecule has 0 aliphatic heterocycles. The number of aliphatic carboxylic acids is 1. The van der Waals surface area contributed by atoms with Crippen molar-refractivity contribution in [3.05, 3.63) is 48.0 Å². The summed E-state index contributed by atoms with van der Waals surface area (Å²) in [6, 6.07) is 9.27. The summed E-state index contributed by atoms with van der Waals surface area (Å²) < 4.78 is 5.34. The van der Waals surface area contributed by atoms with Gasteiger partial charge in [0.1, 0.15) is 6.10 Å². The summed E-state index contributed by atoms with van der Waals surface area (Å²) >= 11 is 0. The Morgan fingerprint density at radius 1 is 1.29 bits per heavy atom. The summed E-state index contributed by atoms with van der Waals surface area (Å²) in [7, 11) is 1.50. The van der Waals surface area contributed by atoms with E-state index in [0.29, 0.717) is 0 Å². The lowest BCUT2D eigenvalue weighted by atomic mass is 9.89. The average molecular weight is 294 g/mol. The van der Waals surface area contributed by atoms with Crippen molar-refractivity contribution in [2.24, 2.45) is 5.92 Å². The largest absolute Gasteiger partial charge is 0.478 e. The molecule has 0 aliphatic carbocycles. The average Bonchev–Trinajstić information content (AvgIpc) is 2.47. The maximum atomic E-state index is 10.4. The minimum Gasteiger partial charge on any atom is -0.478 e. The van der Waals surface area contributed by atoms with Crippen molar-refractivity contribution in [3.63, 3.8) is 0 Å². The molecular formula is C16H22O5. The van der Waals surface area contributed by atoms with Crippen LogP contribution in [0, 0.1) is 5.92 Å². The second-order valence-electron chi connectivity index (χ2n) is 4.96. The molecule has 0 saturated carbocycles. The first-order valence-electron chi connectivity index (χ1n) is 6.80. The van der Waals surface area contributed by atoms with E-state index in [2.05, 4.69) is 0 Å². The van der Waals surface area contributed by atoms with Crippen LogP contribution in [-0.2, 0) is 9.53 Å². The molecule has 4 atom stereocenters. The van der Waals surface area contributed by atoms with E-state index >= 15 is 0 Å². The van der Waals surface area contributed by atoms with E-state index in [-0.39, 0.29) is 6.42 Å². The van der Waals surface area contributed by atoms with Crippen LogP contribution in [0.4, 0.5) is 0 Å². The van der Waals surface area contributed by atoms with E-state index in [4.69, 9.17) is 9.84 Å². The fourth-order valence-electron chi connectivity index (χ4n) is 2.14. The molecule has 4 unspecified atom stereocenters. The van der Waals surface area contributed by atoms with Crippen LogP contribution < -0.4 is 0 Å². The first kappa shape index (κ1) is 17.4. The van der Waals surface area contributed by atoms with E-state index < -0.39 is 30.2 Å². The van der Waals surface area contributed by atoms with Gasteiger partial charge in [-0.3, -0.25) is 0 Å². The van der Waals surface area contributed by atoms with Crippen molar-refractivity contribution in [1.82, 2.24) is 0 Å². The van der Waals surface area contributed by atoms with Crippen LogP contribution in [0.25, 0.3) is 0 Å². The minimum atomic E-state index is -1.06. The fraction of sp³-hybridized carbons (Fsp3) is 0.438. The van der Waals surface area contributed by atoms with Gasteiger partial charge in [-0.1, -0.05) is 43.3 Å². The standard InChI is InChI=1S/C16H22O5/c1-11(13(17)9-6-10-14(18)19)15(20)16(21-2)12-7-4-3-5-8-12/h3-8,10-11,13,15-17,20H,9H2,1-2H3,(H,18,19). The highest BCUT2D eigenvalue weighted by Gasteiger charge is 2.30. The Kier molecular flexibility index (Phi) is 7.08. The molecule has 1 rings (SSSR count). The second-order valence-corrected chi connectivity index (χ2v) is 4.96. The van der Waals surface area contributed by atoms with Crippen molar-refractivity contribution in [1.29, 1.82) is 0 Å². The maximum absolute atomic E-state index is 10.4. The third-order valence-corrected chi connectivity index (χ3v) is 3.48. The van der Waals surface area contributed by atoms with Gasteiger partial charge in [0.05, 0.1) is 12.2 Å². The predicted octanol–water partition coefficient (Wildman–Crippen LogP) is 1.76. The van der Waals surface area contributed by atoms with E-state index in [0.717, 1.165) is 11.6 Å². The number of aliphatic hydroxyl groups is 2. The monoisotopic (exact) mass is 294 g/mol. The van der Waals surface area contributed by atoms with Gasteiger partial charge in [0.25, 0.3) is 0 Å². The van der Waals surface area contributed by atoms with Gasteiger partial charge in [0.2, 0.25) is 0 Å². The number of carboxylic acid groups (broad SMARTS) is 1. The lowest BCUT2D eigenvalue weighted by Gasteiger charge is -2.29. The number of hydrogen-bond acceptors (Lipinski definition) is 4. The van der Waals surface area contributed by atoms with Gasteiger partial charge in [-0.05, 0) is 12.0 Å². The highest BCUT2D eigenvalue weighted by Crippen LogP contribution is 2.27. The molecule has 0 saturated heterocycles. The molecule has 5 nitrogen and oxygen atoms in total. The van der Waals surface area contributed by atoms with E-state index in [9.17, 15) is 15.0 Å². The Balaban J connectivity index is 2.70. The maximum Gasteiger partial charge on any atom is 0.327 e. The van der Waals surface area contributed by atoms with E-state index in [1.165, 1.54) is 13.2 Å². The first-order valence-corrected chi connectivity index (χ1v) is 6.80. The van der Waals surface area contributed by atoms with Gasteiger partial charge in [-0.25, -0.2) is 4.79 Å². The SMILES string of the molecule is COC(c1ccccc1)C(O)C(C)C(O)CC=CC(=O)O. The number of rotatable bonds is 8. The zero-order valence-corrected chi connectivity index (χ0v) is 12.2. The smallest absolute Gasteiger partial charge is 0.327 e. The van der Waals surface area contributed by atoms with Gasteiger partial charge in [0.15, 0.2) is 0 Å². The first-order chi connectivity index (χ1) is 9.97. The molecule has 0 heterocycles. The summed E-state index contributed by atoms with van der Waals surface area (Å²) in [4.78, 5) is 10.4. The summed E-state index contributed by atoms with van der Waals surface area (Å²) in [5, 5.41) is 28.9. The number of ether oxygens (including phenoxy) is 1. The molecule has 116 valence electrons. The van der Waals surface area contributed by atoms with Gasteiger partial charge < -0.3 is 20.1 Å². The molecule has 21 heavy (non-hydrogen) atoms. The zero-order valence-electron chi connectivity index (χ0n) is 12.2. The van der Waals surface area contributed by atoms with E-state index in [1.807, 2.05) is 30.3 Å². The molecule has 0 spiro atoms. The van der Waals surface area contributed by atoms with Crippen molar-refractivity contribution in [3.8, 4) is 0 Å². The quantitative estimate of drug-likeness (QED) is 0.636. The Labute approximate surface area is 124 Å². The highest BCUT2D eigenvalue weighted by molar-refractivity contribution is 5.79. The molecule has 1 aromatic rings. The number of carbonyl (C=O) groups is 1. The van der Waals surface area contributed by atoms with Crippen LogP contribution >= 0.6 is 0 Å². The van der Waals surface area contributed by atoms with Crippen LogP contribution in [0.2, 0.25) is 0 Å². The zero-order chi connectivity index (χ0) is 15.8. The number of aliphatic hydroxyl groups excluding tert-OH is 2. The predicted molar refractivity (Wildman–Crippen MR) is 78.8 cm³/mol. The normalized spacial score (nSPS) is 17.3. The summed E-state index contributed by atoms with van der Waals surface area (Å²) in [5.41, 5.74) is 0.827. The van der Waals surface area contributed by atoms with Gasteiger partial charge in [-0.15, -0.1) is 0 Å². The Morgan fingerprint density at radius 3 is 2.43 bits per heavy atom. The summed E-state index contributed by atoms with van der Waals surface area (Å²) in [5.74, 6) is -1.52. The fourth-order valence-corrected chi connectivity index (χ4v) is 2.14. The third-order valence-electron chi connectivity index (χ3n) is 3.48. The Morgan fingerprint density at radius 2 is 1.90 bits per heavy atom. The van der Waals surface area contributed by atoms with E-state index in [1.54, 1.807) is 6.92 Å². The van der Waals surface area contributed by atoms with Crippen LogP contribution in [0.1, 0.15) is 25.0 Å². The number of carboxylic acids is 1. The number of benzene rings is 1. The molecule has 5 heteroatoms. The molecule has 0 amide bonds. The van der Waals surface area contributed by atoms with Crippen LogP contribution in [0.5, 0.6) is 0 Å². The lowest BCUT2D eigenvalue weighted by molar-refractivity contribution is -0.131. The number of methoxy groups -OCH3 is 1. The van der Waals surface area contributed by atoms with Crippen molar-refractivity contribution in [2.45, 2.75) is 31.7 Å². The highest BCUT2D eigenvalue weighted by atomic mass is 16.5. The molecule has 0 bridgehead atoms. The van der Waals surface area contributed by atoms with Crippen molar-refractivity contribution >= 4 is 5.97 Å². The molecule has 0 aromatic heterocycles. The molecule has 0 fully saturated rings. The van der Waals surface area contributed by atoms with Gasteiger partial charge >= 0.3 is 5.97 Å². The Hall–Kier alpha value is -1.69. The van der Waals surface area contributed by atoms with Gasteiger partial charge in [-0.2, -0.15) is 0 Å². The minimum absolute atomic E-state index is 0.162. The van der Waals surface area contributed by atoms with Crippen molar-refractivity contribution < 1.29 is 24.9 Å². The molecule has 0 radical (unpaired) electrons. The number of hydrogen-bond donors (Lipinski definition) is 3. The molecule has 3 N–H and O–H groups in total. The molecular weight excluding hydrogens is 272 g/mol. The van der Waals surface area contributed by atoms with Gasteiger partial charge in [0, 0.05) is 19.1 Å². The van der Waals surface area contributed by atoms with Crippen LogP contribution in [0.3, 0.4) is 0 Å². The Bertz CT molecular complexity index is 457. The van der Waals surface area contributed by atoms with Crippen LogP contribution in [0.15, 0.2) is 42.5 Å². The lowest BCUT2D eigenvalue weighted by Crippen LogP contribution is -2.34. The second kappa shape index (κ2) is 8.56. The summed E-state index contributed by atoms with van der Waals surface area (Å²) in [6.07, 6.45) is 0.228. The molecule has 1 aromatic carbocycles. The third kappa shape index (κ3) is 5.30. The topological polar surface area (TPSA) is 87.0 Å². The van der Waals surface area contributed by atoms with Crippen molar-refractivity contribution in [2.75, 3.05) is 7.11 Å². The van der Waals surface area contributed by atoms with Crippen LogP contribution in [-0.4, -0.2) is 40.6 Å².